The first-order valence-electron chi connectivity index (χ1n) is 22.5. The van der Waals surface area contributed by atoms with Crippen LogP contribution in [0.1, 0.15) is 118 Å². The van der Waals surface area contributed by atoms with Crippen molar-refractivity contribution in [3.05, 3.63) is 77.4 Å². The van der Waals surface area contributed by atoms with Gasteiger partial charge in [-0.05, 0) is 103 Å². The number of carbonyl (C=O) groups is 6. The van der Waals surface area contributed by atoms with Crippen LogP contribution in [0.4, 0.5) is 8.78 Å². The molecule has 1 aliphatic carbocycles. The van der Waals surface area contributed by atoms with Crippen LogP contribution >= 0.6 is 7.60 Å². The Kier molecular flexibility index (Phi) is 19.0. The highest BCUT2D eigenvalue weighted by Crippen LogP contribution is 2.67. The molecule has 1 saturated heterocycles. The Bertz CT molecular complexity index is 2110. The number of benzene rings is 2. The van der Waals surface area contributed by atoms with E-state index in [0.29, 0.717) is 30.5 Å². The Morgan fingerprint density at radius 3 is 2.00 bits per heavy atom. The zero-order valence-corrected chi connectivity index (χ0v) is 40.8. The smallest absolute Gasteiger partial charge is 0.410 e. The van der Waals surface area contributed by atoms with Gasteiger partial charge in [-0.2, -0.15) is 8.78 Å². The van der Waals surface area contributed by atoms with Crippen LogP contribution in [0.5, 0.6) is 0 Å². The molecule has 6 atom stereocenters. The molecule has 1 aliphatic heterocycles. The van der Waals surface area contributed by atoms with Gasteiger partial charge in [-0.15, -0.1) is 0 Å². The van der Waals surface area contributed by atoms with Crippen molar-refractivity contribution >= 4 is 48.7 Å². The number of primary amides is 1. The fraction of sp³-hybridized carbons (Fsp3) is 0.583. The first kappa shape index (κ1) is 54.6. The summed E-state index contributed by atoms with van der Waals surface area (Å²) in [6.45, 7) is 12.7. The number of likely N-dealkylation sites (tertiary alicyclic amines) is 1. The average molecular weight is 961 g/mol. The second-order valence-corrected chi connectivity index (χ2v) is 21.3. The summed E-state index contributed by atoms with van der Waals surface area (Å²) in [7, 11) is -5.56. The van der Waals surface area contributed by atoms with E-state index in [1.54, 1.807) is 13.8 Å². The topological polar surface area (TPSA) is 219 Å². The Balaban J connectivity index is 1.47. The van der Waals surface area contributed by atoms with Gasteiger partial charge in [0.15, 0.2) is 0 Å². The molecule has 1 saturated carbocycles. The number of piperidine rings is 1. The summed E-state index contributed by atoms with van der Waals surface area (Å²) in [5.74, 6) is -3.54. The lowest BCUT2D eigenvalue weighted by atomic mass is 9.98. The minimum atomic E-state index is -5.56. The molecule has 2 fully saturated rings. The number of amides is 4. The number of nitrogens with one attached hydrogen (secondary N) is 2. The average Bonchev–Trinajstić information content (AvgIpc) is 3.92. The van der Waals surface area contributed by atoms with Crippen molar-refractivity contribution in [1.82, 2.24) is 15.5 Å². The van der Waals surface area contributed by atoms with E-state index in [1.165, 1.54) is 64.7 Å². The van der Waals surface area contributed by atoms with Gasteiger partial charge < -0.3 is 35.5 Å². The number of nitrogens with zero attached hydrogens (tertiary/aromatic N) is 1. The molecule has 2 aliphatic rings. The summed E-state index contributed by atoms with van der Waals surface area (Å²) in [6.07, 6.45) is 3.33. The van der Waals surface area contributed by atoms with Crippen molar-refractivity contribution in [2.45, 2.75) is 137 Å². The van der Waals surface area contributed by atoms with Crippen molar-refractivity contribution in [2.24, 2.45) is 28.4 Å². The first-order valence-corrected chi connectivity index (χ1v) is 24.1. The quantitative estimate of drug-likeness (QED) is 0.0408. The Hall–Kier alpha value is -5.03. The number of nitrogens with two attached hydrogens (primary N) is 1. The molecule has 0 bridgehead atoms. The number of fused-ring (bicyclic) bond motifs is 1. The third-order valence-electron chi connectivity index (χ3n) is 11.5. The van der Waals surface area contributed by atoms with Crippen LogP contribution < -0.4 is 16.4 Å². The number of esters is 2. The van der Waals surface area contributed by atoms with E-state index < -0.39 is 97.1 Å². The maximum atomic E-state index is 16.1. The maximum absolute atomic E-state index is 16.1. The third kappa shape index (κ3) is 15.2. The Labute approximate surface area is 391 Å². The van der Waals surface area contributed by atoms with E-state index in [0.717, 1.165) is 30.5 Å². The fourth-order valence-corrected chi connectivity index (χ4v) is 8.57. The largest absolute Gasteiger partial charge is 0.438 e. The number of ether oxygens (including phenoxy) is 3. The van der Waals surface area contributed by atoms with Crippen LogP contribution in [0, 0.1) is 22.7 Å². The number of rotatable bonds is 24. The molecule has 0 radical (unpaired) electrons. The second-order valence-electron chi connectivity index (χ2n) is 19.2. The van der Waals surface area contributed by atoms with Gasteiger partial charge in [0, 0.05) is 24.6 Å². The Morgan fingerprint density at radius 2 is 1.46 bits per heavy atom. The third-order valence-corrected chi connectivity index (χ3v) is 13.4. The lowest BCUT2D eigenvalue weighted by molar-refractivity contribution is -0.163. The van der Waals surface area contributed by atoms with Crippen molar-refractivity contribution in [3.8, 4) is 0 Å². The summed E-state index contributed by atoms with van der Waals surface area (Å²) >= 11 is 0. The van der Waals surface area contributed by atoms with E-state index in [4.69, 9.17) is 29.0 Å². The molecule has 2 aromatic rings. The van der Waals surface area contributed by atoms with Gasteiger partial charge in [0.05, 0.1) is 29.6 Å². The van der Waals surface area contributed by atoms with Crippen LogP contribution in [0.3, 0.4) is 0 Å². The summed E-state index contributed by atoms with van der Waals surface area (Å²) in [4.78, 5) is 79.7. The highest BCUT2D eigenvalue weighted by atomic mass is 31.2. The lowest BCUT2D eigenvalue weighted by Gasteiger charge is -2.33. The molecule has 1 heterocycles. The number of carbonyl (C=O) groups excluding carboxylic acids is 6. The van der Waals surface area contributed by atoms with Gasteiger partial charge in [-0.25, -0.2) is 0 Å². The molecule has 0 unspecified atom stereocenters. The summed E-state index contributed by atoms with van der Waals surface area (Å²) in [5.41, 5.74) is -0.168. The zero-order chi connectivity index (χ0) is 49.9. The molecule has 16 nitrogen and oxygen atoms in total. The zero-order valence-electron chi connectivity index (χ0n) is 39.9. The molecule has 0 spiro atoms. The van der Waals surface area contributed by atoms with Gasteiger partial charge in [0.2, 0.25) is 37.2 Å². The van der Waals surface area contributed by atoms with Crippen LogP contribution in [0.15, 0.2) is 60.7 Å². The molecule has 19 heteroatoms. The molecule has 0 aromatic heterocycles. The van der Waals surface area contributed by atoms with Crippen LogP contribution in [0.25, 0.3) is 5.57 Å². The molecular weight excluding hydrogens is 894 g/mol. The fourth-order valence-electron chi connectivity index (χ4n) is 7.32. The summed E-state index contributed by atoms with van der Waals surface area (Å²) in [5, 5.41) is 5.84. The maximum Gasteiger partial charge on any atom is 0.410 e. The van der Waals surface area contributed by atoms with Gasteiger partial charge in [-0.1, -0.05) is 74.4 Å². The summed E-state index contributed by atoms with van der Waals surface area (Å²) < 4.78 is 71.8. The molecule has 4 N–H and O–H groups in total. The normalized spacial score (nSPS) is 18.8. The predicted octanol–water partition coefficient (Wildman–Crippen LogP) is 7.34. The first-order chi connectivity index (χ1) is 31.3. The second kappa shape index (κ2) is 23.3. The molecular formula is C48H67F2N4O12P. The van der Waals surface area contributed by atoms with Crippen molar-refractivity contribution < 1.29 is 65.4 Å². The van der Waals surface area contributed by atoms with Crippen molar-refractivity contribution in [3.63, 3.8) is 0 Å². The van der Waals surface area contributed by atoms with Crippen LogP contribution in [-0.4, -0.2) is 84.8 Å². The minimum Gasteiger partial charge on any atom is -0.438 e. The molecule has 67 heavy (non-hydrogen) atoms. The van der Waals surface area contributed by atoms with E-state index in [9.17, 15) is 33.3 Å². The van der Waals surface area contributed by atoms with Gasteiger partial charge in [-0.3, -0.25) is 42.4 Å². The number of hydrogen-bond acceptors (Lipinski definition) is 12. The van der Waals surface area contributed by atoms with Gasteiger partial charge in [0.1, 0.15) is 12.1 Å². The van der Waals surface area contributed by atoms with Crippen molar-refractivity contribution in [2.75, 3.05) is 20.1 Å². The van der Waals surface area contributed by atoms with E-state index in [-0.39, 0.29) is 37.2 Å². The molecule has 4 rings (SSSR count). The number of allylic oxidation sites excluding steroid dienone is 1. The van der Waals surface area contributed by atoms with Crippen molar-refractivity contribution in [1.29, 1.82) is 0 Å². The number of unbranched alkanes of at least 4 members (excludes halogenated alkanes) is 1. The Morgan fingerprint density at radius 1 is 0.881 bits per heavy atom. The lowest BCUT2D eigenvalue weighted by Crippen LogP contribution is -2.57. The van der Waals surface area contributed by atoms with Crippen LogP contribution in [-0.2, 0) is 68.9 Å². The molecule has 370 valence electrons. The number of alkyl halides is 2. The van der Waals surface area contributed by atoms with E-state index >= 15 is 8.78 Å². The van der Waals surface area contributed by atoms with E-state index in [2.05, 4.69) is 10.6 Å². The monoisotopic (exact) mass is 960 g/mol. The summed E-state index contributed by atoms with van der Waals surface area (Å²) in [6, 6.07) is 11.6. The SMILES string of the molecule is CCCC[C@H](NC(=O)/C=C(\C)c1ccc(C(F)(F)P(=O)(OCOC(=O)C(C)(C)C)OCOC(=O)C(C)(C)C)cc1)C(=O)N1C[C@@H]2C[C@@H]2[C@@H]1C(=O)N[C@@H](CCC(N)=O)[C@@H](C)OCc1ccccc1. The van der Waals surface area contributed by atoms with Gasteiger partial charge >= 0.3 is 25.2 Å². The number of halogens is 2. The van der Waals surface area contributed by atoms with Crippen LogP contribution in [0.2, 0.25) is 0 Å². The predicted molar refractivity (Wildman–Crippen MR) is 244 cm³/mol. The minimum absolute atomic E-state index is 0.0137. The molecule has 2 aromatic carbocycles. The standard InChI is InChI=1S/C48H67F2N4O12P/c1-10-11-17-38(43(58)54-26-34-25-36(34)41(54)42(57)53-37(22-23-39(51)55)31(3)62-27-32-15-13-12-14-16-32)52-40(56)24-30(2)33-18-20-35(21-19-33)48(49,50)67(61,65-28-63-44(59)46(4,5)6)66-29-64-45(60)47(7,8)9/h12-16,18-21,24,31,34,36-38,41H,10-11,17,22-23,25-29H2,1-9H3,(H2,51,55)(H,52,56)(H,53,57)/b30-24+/t31-,34+,36+,37+,38+,41-/m1/s1. The molecule has 4 amide bonds. The number of hydrogen-bond donors (Lipinski definition) is 3. The van der Waals surface area contributed by atoms with Gasteiger partial charge in [0.25, 0.3) is 0 Å². The highest BCUT2D eigenvalue weighted by Gasteiger charge is 2.58. The van der Waals surface area contributed by atoms with E-state index in [1.807, 2.05) is 37.3 Å². The highest BCUT2D eigenvalue weighted by molar-refractivity contribution is 7.54.